The number of hydrogen-bond donors (Lipinski definition) is 2. The zero-order valence-corrected chi connectivity index (χ0v) is 12.0. The smallest absolute Gasteiger partial charge is 0.140 e. The molecular weight excluding hydrogens is 228 g/mol. The quantitative estimate of drug-likeness (QED) is 0.737. The van der Waals surface area contributed by atoms with Gasteiger partial charge in [0.2, 0.25) is 0 Å². The molecule has 0 saturated heterocycles. The standard InChI is InChI=1S/C13H26N4O/c1-11(2)8-17-12(15-10-16-17)7-14-9-13(3,4)5-6-18/h10-11,14,18H,5-9H2,1-4H3. The van der Waals surface area contributed by atoms with E-state index < -0.39 is 0 Å². The third-order valence-electron chi connectivity index (χ3n) is 2.91. The van der Waals surface area contributed by atoms with E-state index in [9.17, 15) is 0 Å². The second-order valence-electron chi connectivity index (χ2n) is 5.99. The molecule has 0 unspecified atom stereocenters. The van der Waals surface area contributed by atoms with Crippen LogP contribution in [0.4, 0.5) is 0 Å². The van der Waals surface area contributed by atoms with E-state index in [1.807, 2.05) is 4.68 Å². The van der Waals surface area contributed by atoms with Crippen LogP contribution >= 0.6 is 0 Å². The molecule has 1 heterocycles. The summed E-state index contributed by atoms with van der Waals surface area (Å²) >= 11 is 0. The molecule has 0 bridgehead atoms. The van der Waals surface area contributed by atoms with Crippen molar-refractivity contribution in [3.63, 3.8) is 0 Å². The van der Waals surface area contributed by atoms with Crippen molar-refractivity contribution >= 4 is 0 Å². The Labute approximate surface area is 110 Å². The van der Waals surface area contributed by atoms with E-state index in [1.54, 1.807) is 6.33 Å². The number of aliphatic hydroxyl groups excluding tert-OH is 1. The summed E-state index contributed by atoms with van der Waals surface area (Å²) < 4.78 is 1.96. The van der Waals surface area contributed by atoms with Crippen LogP contribution in [0.1, 0.15) is 39.9 Å². The molecule has 1 aromatic heterocycles. The molecule has 0 radical (unpaired) electrons. The number of nitrogens with zero attached hydrogens (tertiary/aromatic N) is 3. The predicted octanol–water partition coefficient (Wildman–Crippen LogP) is 1.43. The van der Waals surface area contributed by atoms with Gasteiger partial charge in [-0.1, -0.05) is 27.7 Å². The van der Waals surface area contributed by atoms with Crippen molar-refractivity contribution in [1.82, 2.24) is 20.1 Å². The van der Waals surface area contributed by atoms with Crippen LogP contribution in [-0.2, 0) is 13.1 Å². The van der Waals surface area contributed by atoms with Gasteiger partial charge in [-0.05, 0) is 17.8 Å². The molecule has 1 rings (SSSR count). The van der Waals surface area contributed by atoms with Crippen LogP contribution in [0.5, 0.6) is 0 Å². The van der Waals surface area contributed by atoms with E-state index in [-0.39, 0.29) is 12.0 Å². The summed E-state index contributed by atoms with van der Waals surface area (Å²) in [5.41, 5.74) is 0.109. The average molecular weight is 254 g/mol. The van der Waals surface area contributed by atoms with Gasteiger partial charge in [-0.2, -0.15) is 5.10 Å². The van der Waals surface area contributed by atoms with Crippen LogP contribution in [0.15, 0.2) is 6.33 Å². The van der Waals surface area contributed by atoms with Crippen molar-refractivity contribution in [2.75, 3.05) is 13.2 Å². The molecule has 0 aliphatic rings. The lowest BCUT2D eigenvalue weighted by molar-refractivity contribution is 0.206. The topological polar surface area (TPSA) is 63.0 Å². The van der Waals surface area contributed by atoms with Crippen LogP contribution in [0.2, 0.25) is 0 Å². The molecule has 104 valence electrons. The van der Waals surface area contributed by atoms with E-state index >= 15 is 0 Å². The fourth-order valence-electron chi connectivity index (χ4n) is 1.83. The second kappa shape index (κ2) is 6.85. The Kier molecular flexibility index (Phi) is 5.75. The van der Waals surface area contributed by atoms with Gasteiger partial charge >= 0.3 is 0 Å². The molecule has 0 aliphatic carbocycles. The monoisotopic (exact) mass is 254 g/mol. The molecule has 0 atom stereocenters. The Bertz CT molecular complexity index is 347. The Morgan fingerprint density at radius 2 is 2.17 bits per heavy atom. The molecule has 5 nitrogen and oxygen atoms in total. The summed E-state index contributed by atoms with van der Waals surface area (Å²) in [4.78, 5) is 4.27. The van der Waals surface area contributed by atoms with Crippen molar-refractivity contribution in [2.24, 2.45) is 11.3 Å². The Morgan fingerprint density at radius 1 is 1.44 bits per heavy atom. The summed E-state index contributed by atoms with van der Waals surface area (Å²) in [5.74, 6) is 1.54. The summed E-state index contributed by atoms with van der Waals surface area (Å²) in [7, 11) is 0. The number of hydrogen-bond acceptors (Lipinski definition) is 4. The third-order valence-corrected chi connectivity index (χ3v) is 2.91. The number of rotatable bonds is 8. The first-order valence-electron chi connectivity index (χ1n) is 6.63. The highest BCUT2D eigenvalue weighted by Crippen LogP contribution is 2.18. The first-order chi connectivity index (χ1) is 8.44. The Balaban J connectivity index is 2.42. The molecule has 0 spiro atoms. The van der Waals surface area contributed by atoms with Crippen LogP contribution in [0.3, 0.4) is 0 Å². The average Bonchev–Trinajstić information content (AvgIpc) is 2.64. The van der Waals surface area contributed by atoms with Crippen LogP contribution in [-0.4, -0.2) is 33.0 Å². The molecule has 0 fully saturated rings. The molecule has 5 heteroatoms. The van der Waals surface area contributed by atoms with E-state index in [0.29, 0.717) is 5.92 Å². The summed E-state index contributed by atoms with van der Waals surface area (Å²) in [6.07, 6.45) is 2.41. The highest BCUT2D eigenvalue weighted by atomic mass is 16.3. The lowest BCUT2D eigenvalue weighted by Gasteiger charge is -2.23. The fraction of sp³-hybridized carbons (Fsp3) is 0.846. The van der Waals surface area contributed by atoms with Crippen molar-refractivity contribution in [1.29, 1.82) is 0 Å². The van der Waals surface area contributed by atoms with Crippen LogP contribution in [0.25, 0.3) is 0 Å². The van der Waals surface area contributed by atoms with E-state index in [1.165, 1.54) is 0 Å². The molecule has 0 aliphatic heterocycles. The van der Waals surface area contributed by atoms with Gasteiger partial charge in [0.05, 0.1) is 6.54 Å². The molecular formula is C13H26N4O. The zero-order valence-electron chi connectivity index (χ0n) is 12.0. The van der Waals surface area contributed by atoms with Crippen molar-refractivity contribution in [3.05, 3.63) is 12.2 Å². The fourth-order valence-corrected chi connectivity index (χ4v) is 1.83. The molecule has 0 saturated carbocycles. The van der Waals surface area contributed by atoms with Crippen molar-refractivity contribution < 1.29 is 5.11 Å². The first-order valence-corrected chi connectivity index (χ1v) is 6.63. The molecule has 2 N–H and O–H groups in total. The van der Waals surface area contributed by atoms with Crippen LogP contribution < -0.4 is 5.32 Å². The molecule has 18 heavy (non-hydrogen) atoms. The highest BCUT2D eigenvalue weighted by molar-refractivity contribution is 4.85. The van der Waals surface area contributed by atoms with Crippen molar-refractivity contribution in [3.8, 4) is 0 Å². The van der Waals surface area contributed by atoms with Gasteiger partial charge in [-0.3, -0.25) is 0 Å². The molecule has 0 aromatic carbocycles. The SMILES string of the molecule is CC(C)Cn1ncnc1CNCC(C)(C)CCO. The van der Waals surface area contributed by atoms with Crippen molar-refractivity contribution in [2.45, 2.75) is 47.2 Å². The lowest BCUT2D eigenvalue weighted by atomic mass is 9.90. The van der Waals surface area contributed by atoms with E-state index in [4.69, 9.17) is 5.11 Å². The van der Waals surface area contributed by atoms with E-state index in [0.717, 1.165) is 31.9 Å². The summed E-state index contributed by atoms with van der Waals surface area (Å²) in [5, 5.41) is 16.6. The van der Waals surface area contributed by atoms with Gasteiger partial charge < -0.3 is 10.4 Å². The maximum atomic E-state index is 8.97. The minimum atomic E-state index is 0.109. The summed E-state index contributed by atoms with van der Waals surface area (Å²) in [6.45, 7) is 11.4. The molecule has 1 aromatic rings. The Hall–Kier alpha value is -0.940. The number of aromatic nitrogens is 3. The maximum Gasteiger partial charge on any atom is 0.140 e. The van der Waals surface area contributed by atoms with Gasteiger partial charge in [0.1, 0.15) is 12.2 Å². The second-order valence-corrected chi connectivity index (χ2v) is 5.99. The normalized spacial score (nSPS) is 12.3. The first kappa shape index (κ1) is 15.1. The number of aliphatic hydroxyl groups is 1. The lowest BCUT2D eigenvalue weighted by Crippen LogP contribution is -2.31. The highest BCUT2D eigenvalue weighted by Gasteiger charge is 2.16. The van der Waals surface area contributed by atoms with Gasteiger partial charge in [0.15, 0.2) is 0 Å². The Morgan fingerprint density at radius 3 is 2.78 bits per heavy atom. The maximum absolute atomic E-state index is 8.97. The summed E-state index contributed by atoms with van der Waals surface area (Å²) in [6, 6.07) is 0. The third kappa shape index (κ3) is 5.14. The van der Waals surface area contributed by atoms with Gasteiger partial charge in [-0.25, -0.2) is 9.67 Å². The number of nitrogens with one attached hydrogen (secondary N) is 1. The van der Waals surface area contributed by atoms with Crippen LogP contribution in [0, 0.1) is 11.3 Å². The minimum Gasteiger partial charge on any atom is -0.396 e. The van der Waals surface area contributed by atoms with Gasteiger partial charge in [0.25, 0.3) is 0 Å². The minimum absolute atomic E-state index is 0.109. The van der Waals surface area contributed by atoms with Gasteiger partial charge in [0, 0.05) is 19.7 Å². The largest absolute Gasteiger partial charge is 0.396 e. The van der Waals surface area contributed by atoms with Gasteiger partial charge in [-0.15, -0.1) is 0 Å². The predicted molar refractivity (Wildman–Crippen MR) is 72.1 cm³/mol. The zero-order chi connectivity index (χ0) is 13.6. The molecule has 0 amide bonds. The van der Waals surface area contributed by atoms with E-state index in [2.05, 4.69) is 43.1 Å².